The second kappa shape index (κ2) is 4.22. The molecule has 0 aliphatic rings. The summed E-state index contributed by atoms with van der Waals surface area (Å²) in [6.45, 7) is 0. The molecule has 0 unspecified atom stereocenters. The van der Waals surface area contributed by atoms with Gasteiger partial charge < -0.3 is 5.11 Å². The van der Waals surface area contributed by atoms with Crippen molar-refractivity contribution in [1.82, 2.24) is 0 Å². The number of hydrogen-bond acceptors (Lipinski definition) is 3. The zero-order chi connectivity index (χ0) is 11.7. The van der Waals surface area contributed by atoms with Crippen LogP contribution in [0, 0.1) is 10.1 Å². The normalized spacial score (nSPS) is 10.1. The predicted molar refractivity (Wildman–Crippen MR) is 55.1 cm³/mol. The van der Waals surface area contributed by atoms with Gasteiger partial charge in [-0.25, -0.2) is 4.79 Å². The van der Waals surface area contributed by atoms with Gasteiger partial charge in [0, 0.05) is 6.07 Å². The fourth-order valence-corrected chi connectivity index (χ4v) is 1.57. The maximum atomic E-state index is 10.7. The molecule has 0 aliphatic carbocycles. The Balaban J connectivity index is 3.59. The maximum Gasteiger partial charge on any atom is 0.337 e. The molecule has 0 amide bonds. The van der Waals surface area contributed by atoms with Gasteiger partial charge in [0.05, 0.1) is 20.5 Å². The second-order valence-corrected chi connectivity index (χ2v) is 3.58. The number of benzene rings is 1. The van der Waals surface area contributed by atoms with Crippen molar-refractivity contribution >= 4 is 46.5 Å². The van der Waals surface area contributed by atoms with Crippen LogP contribution in [0.1, 0.15) is 10.4 Å². The van der Waals surface area contributed by atoms with Crippen LogP contribution < -0.4 is 0 Å². The summed E-state index contributed by atoms with van der Waals surface area (Å²) in [6, 6.07) is 0.763. The lowest BCUT2D eigenvalue weighted by Crippen LogP contribution is -2.01. The van der Waals surface area contributed by atoms with Gasteiger partial charge in [-0.2, -0.15) is 0 Å². The minimum Gasteiger partial charge on any atom is -0.478 e. The van der Waals surface area contributed by atoms with Crippen molar-refractivity contribution in [3.05, 3.63) is 36.8 Å². The van der Waals surface area contributed by atoms with Crippen LogP contribution in [-0.4, -0.2) is 16.0 Å². The van der Waals surface area contributed by atoms with E-state index in [1.807, 2.05) is 0 Å². The van der Waals surface area contributed by atoms with Crippen LogP contribution in [0.5, 0.6) is 0 Å². The molecule has 5 nitrogen and oxygen atoms in total. The van der Waals surface area contributed by atoms with Crippen molar-refractivity contribution in [2.75, 3.05) is 0 Å². The van der Waals surface area contributed by atoms with Crippen molar-refractivity contribution in [3.63, 3.8) is 0 Å². The monoisotopic (exact) mass is 269 g/mol. The summed E-state index contributed by atoms with van der Waals surface area (Å²) < 4.78 is 0. The molecule has 1 rings (SSSR count). The Labute approximate surface area is 98.3 Å². The van der Waals surface area contributed by atoms with Gasteiger partial charge in [0.25, 0.3) is 5.69 Å². The number of carboxylic acids is 1. The minimum absolute atomic E-state index is 0.320. The first kappa shape index (κ1) is 12.0. The smallest absolute Gasteiger partial charge is 0.337 e. The number of carboxylic acid groups (broad SMARTS) is 1. The average Bonchev–Trinajstić information content (AvgIpc) is 2.13. The van der Waals surface area contributed by atoms with E-state index < -0.39 is 22.1 Å². The van der Waals surface area contributed by atoms with Crippen molar-refractivity contribution in [2.24, 2.45) is 0 Å². The molecule has 15 heavy (non-hydrogen) atoms. The van der Waals surface area contributed by atoms with Gasteiger partial charge in [-0.3, -0.25) is 10.1 Å². The third-order valence-electron chi connectivity index (χ3n) is 1.55. The molecule has 8 heteroatoms. The lowest BCUT2D eigenvalue weighted by atomic mass is 10.2. The molecule has 0 saturated carbocycles. The average molecular weight is 270 g/mol. The highest BCUT2D eigenvalue weighted by molar-refractivity contribution is 6.50. The van der Waals surface area contributed by atoms with E-state index in [9.17, 15) is 14.9 Å². The fourth-order valence-electron chi connectivity index (χ4n) is 0.879. The van der Waals surface area contributed by atoms with Gasteiger partial charge in [0.1, 0.15) is 5.02 Å². The molecular formula is C7H2Cl3NO4. The summed E-state index contributed by atoms with van der Waals surface area (Å²) in [5.41, 5.74) is -1.05. The molecule has 0 radical (unpaired) electrons. The highest BCUT2D eigenvalue weighted by atomic mass is 35.5. The van der Waals surface area contributed by atoms with E-state index in [4.69, 9.17) is 39.9 Å². The highest BCUT2D eigenvalue weighted by Crippen LogP contribution is 2.39. The Hall–Kier alpha value is -1.04. The van der Waals surface area contributed by atoms with E-state index in [1.54, 1.807) is 0 Å². The maximum absolute atomic E-state index is 10.7. The number of rotatable bonds is 2. The Bertz CT molecular complexity index is 422. The Kier molecular flexibility index (Phi) is 3.38. The second-order valence-electron chi connectivity index (χ2n) is 2.45. The van der Waals surface area contributed by atoms with Crippen LogP contribution in [0.4, 0.5) is 5.69 Å². The van der Waals surface area contributed by atoms with E-state index in [-0.39, 0.29) is 15.1 Å². The number of carbonyl (C=O) groups is 1. The third-order valence-corrected chi connectivity index (χ3v) is 2.90. The largest absolute Gasteiger partial charge is 0.478 e. The van der Waals surface area contributed by atoms with E-state index in [0.29, 0.717) is 0 Å². The van der Waals surface area contributed by atoms with Gasteiger partial charge in [-0.1, -0.05) is 34.8 Å². The van der Waals surface area contributed by atoms with Crippen LogP contribution in [0.3, 0.4) is 0 Å². The molecule has 80 valence electrons. The summed E-state index contributed by atoms with van der Waals surface area (Å²) in [6.07, 6.45) is 0. The third kappa shape index (κ3) is 2.14. The molecule has 0 atom stereocenters. The van der Waals surface area contributed by atoms with Crippen LogP contribution in [0.15, 0.2) is 6.07 Å². The van der Waals surface area contributed by atoms with Gasteiger partial charge in [-0.15, -0.1) is 0 Å². The molecular weight excluding hydrogens is 268 g/mol. The molecule has 0 fully saturated rings. The van der Waals surface area contributed by atoms with Gasteiger partial charge in [-0.05, 0) is 0 Å². The quantitative estimate of drug-likeness (QED) is 0.508. The summed E-state index contributed by atoms with van der Waals surface area (Å²) in [4.78, 5) is 20.3. The zero-order valence-electron chi connectivity index (χ0n) is 6.83. The summed E-state index contributed by atoms with van der Waals surface area (Å²) >= 11 is 16.6. The van der Waals surface area contributed by atoms with Crippen molar-refractivity contribution < 1.29 is 14.8 Å². The molecule has 1 aromatic carbocycles. The summed E-state index contributed by atoms with van der Waals surface area (Å²) in [5, 5.41) is 18.1. The number of halogens is 3. The van der Waals surface area contributed by atoms with Gasteiger partial charge in [0.2, 0.25) is 0 Å². The Morgan fingerprint density at radius 2 is 1.80 bits per heavy atom. The molecule has 0 bridgehead atoms. The van der Waals surface area contributed by atoms with E-state index >= 15 is 0 Å². The molecule has 1 N–H and O–H groups in total. The van der Waals surface area contributed by atoms with Crippen LogP contribution in [-0.2, 0) is 0 Å². The van der Waals surface area contributed by atoms with E-state index in [0.717, 1.165) is 6.07 Å². The number of nitro groups is 1. The first-order chi connectivity index (χ1) is 6.86. The van der Waals surface area contributed by atoms with Crippen LogP contribution >= 0.6 is 34.8 Å². The van der Waals surface area contributed by atoms with Gasteiger partial charge >= 0.3 is 5.97 Å². The first-order valence-corrected chi connectivity index (χ1v) is 4.54. The topological polar surface area (TPSA) is 80.4 Å². The van der Waals surface area contributed by atoms with E-state index in [2.05, 4.69) is 0 Å². The molecule has 0 saturated heterocycles. The Morgan fingerprint density at radius 1 is 1.27 bits per heavy atom. The van der Waals surface area contributed by atoms with Crippen molar-refractivity contribution in [2.45, 2.75) is 0 Å². The number of nitro benzene ring substituents is 1. The number of nitrogens with zero attached hydrogens (tertiary/aromatic N) is 1. The number of aromatic carboxylic acids is 1. The molecule has 0 spiro atoms. The van der Waals surface area contributed by atoms with Gasteiger partial charge in [0.15, 0.2) is 0 Å². The lowest BCUT2D eigenvalue weighted by Gasteiger charge is -2.03. The summed E-state index contributed by atoms with van der Waals surface area (Å²) in [5.74, 6) is -1.42. The molecule has 1 aromatic rings. The van der Waals surface area contributed by atoms with Crippen molar-refractivity contribution in [3.8, 4) is 0 Å². The van der Waals surface area contributed by atoms with Crippen LogP contribution in [0.2, 0.25) is 15.1 Å². The van der Waals surface area contributed by atoms with E-state index in [1.165, 1.54) is 0 Å². The fraction of sp³-hybridized carbons (Fsp3) is 0. The standard InChI is InChI=1S/C7H2Cl3NO4/c8-4-2(7(12)13)1-3(11(14)15)5(9)6(4)10/h1H,(H,12,13). The zero-order valence-corrected chi connectivity index (χ0v) is 9.10. The lowest BCUT2D eigenvalue weighted by molar-refractivity contribution is -0.384. The first-order valence-electron chi connectivity index (χ1n) is 3.41. The predicted octanol–water partition coefficient (Wildman–Crippen LogP) is 3.25. The SMILES string of the molecule is O=C(O)c1cc([N+](=O)[O-])c(Cl)c(Cl)c1Cl. The molecule has 0 aromatic heterocycles. The Morgan fingerprint density at radius 3 is 2.20 bits per heavy atom. The molecule has 0 heterocycles. The van der Waals surface area contributed by atoms with Crippen molar-refractivity contribution in [1.29, 1.82) is 0 Å². The molecule has 0 aliphatic heterocycles. The van der Waals surface area contributed by atoms with Crippen LogP contribution in [0.25, 0.3) is 0 Å². The number of hydrogen-bond donors (Lipinski definition) is 1. The minimum atomic E-state index is -1.42. The highest BCUT2D eigenvalue weighted by Gasteiger charge is 2.24. The summed E-state index contributed by atoms with van der Waals surface area (Å²) in [7, 11) is 0.